The summed E-state index contributed by atoms with van der Waals surface area (Å²) in [6.07, 6.45) is 14.7. The van der Waals surface area contributed by atoms with Gasteiger partial charge in [-0.2, -0.15) is 0 Å². The second-order valence-electron chi connectivity index (χ2n) is 7.14. The molecule has 1 amide bonds. The van der Waals surface area contributed by atoms with Crippen LogP contribution < -0.4 is 5.32 Å². The van der Waals surface area contributed by atoms with Gasteiger partial charge in [-0.25, -0.2) is 0 Å². The number of unbranched alkanes of at least 4 members (excludes halogenated alkanes) is 6. The van der Waals surface area contributed by atoms with E-state index < -0.39 is 0 Å². The van der Waals surface area contributed by atoms with Crippen molar-refractivity contribution < 1.29 is 4.79 Å². The minimum atomic E-state index is 0.370. The molecule has 0 saturated carbocycles. The number of nitrogens with one attached hydrogen (secondary N) is 1. The molecule has 2 unspecified atom stereocenters. The third kappa shape index (κ3) is 5.28. The fraction of sp³-hybridized carbons (Fsp3) is 0.944. The summed E-state index contributed by atoms with van der Waals surface area (Å²) in [7, 11) is 2.03. The zero-order chi connectivity index (χ0) is 15.1. The van der Waals surface area contributed by atoms with Crippen LogP contribution in [0.4, 0.5) is 0 Å². The van der Waals surface area contributed by atoms with E-state index in [0.29, 0.717) is 24.0 Å². The summed E-state index contributed by atoms with van der Waals surface area (Å²) in [6, 6.07) is 1.82. The highest BCUT2D eigenvalue weighted by Gasteiger charge is 2.36. The first-order valence-corrected chi connectivity index (χ1v) is 9.22. The Morgan fingerprint density at radius 3 is 2.19 bits per heavy atom. The zero-order valence-electron chi connectivity index (χ0n) is 14.1. The second-order valence-corrected chi connectivity index (χ2v) is 7.14. The molecule has 2 atom stereocenters. The summed E-state index contributed by atoms with van der Waals surface area (Å²) in [6.45, 7) is 2.25. The fourth-order valence-electron chi connectivity index (χ4n) is 3.96. The third-order valence-corrected chi connectivity index (χ3v) is 5.38. The number of nitrogens with zero attached hydrogens (tertiary/aromatic N) is 1. The maximum atomic E-state index is 12.3. The number of fused-ring (bicyclic) bond motifs is 2. The molecule has 21 heavy (non-hydrogen) atoms. The average Bonchev–Trinajstić information content (AvgIpc) is 2.83. The van der Waals surface area contributed by atoms with Crippen LogP contribution in [0.1, 0.15) is 84.0 Å². The van der Waals surface area contributed by atoms with Crippen LogP contribution in [0.25, 0.3) is 0 Å². The van der Waals surface area contributed by atoms with Crippen LogP contribution in [-0.4, -0.2) is 36.0 Å². The van der Waals surface area contributed by atoms with Crippen molar-refractivity contribution in [1.82, 2.24) is 10.2 Å². The Hall–Kier alpha value is -0.570. The number of hydrogen-bond donors (Lipinski definition) is 1. The minimum absolute atomic E-state index is 0.370. The molecule has 0 aromatic heterocycles. The van der Waals surface area contributed by atoms with Crippen LogP contribution in [0.3, 0.4) is 0 Å². The Labute approximate surface area is 130 Å². The summed E-state index contributed by atoms with van der Waals surface area (Å²) < 4.78 is 0. The summed E-state index contributed by atoms with van der Waals surface area (Å²) in [5.74, 6) is 0.370. The van der Waals surface area contributed by atoms with Gasteiger partial charge in [0.15, 0.2) is 0 Å². The molecule has 1 N–H and O–H groups in total. The quantitative estimate of drug-likeness (QED) is 0.655. The molecule has 0 aromatic rings. The van der Waals surface area contributed by atoms with Crippen LogP contribution in [0, 0.1) is 0 Å². The highest BCUT2D eigenvalue weighted by Crippen LogP contribution is 2.29. The van der Waals surface area contributed by atoms with Gasteiger partial charge in [-0.15, -0.1) is 0 Å². The summed E-state index contributed by atoms with van der Waals surface area (Å²) in [5, 5.41) is 3.65. The molecular weight excluding hydrogens is 260 g/mol. The first-order valence-electron chi connectivity index (χ1n) is 9.22. The lowest BCUT2D eigenvalue weighted by Gasteiger charge is -2.35. The van der Waals surface area contributed by atoms with Gasteiger partial charge in [0.2, 0.25) is 5.91 Å². The molecule has 2 aliphatic heterocycles. The number of piperidine rings is 1. The van der Waals surface area contributed by atoms with Gasteiger partial charge in [0.25, 0.3) is 0 Å². The van der Waals surface area contributed by atoms with E-state index >= 15 is 0 Å². The molecular formula is C18H34N2O. The Morgan fingerprint density at radius 2 is 1.57 bits per heavy atom. The molecule has 2 fully saturated rings. The Balaban J connectivity index is 1.57. The highest BCUT2D eigenvalue weighted by molar-refractivity contribution is 5.76. The Bertz CT molecular complexity index is 306. The molecule has 0 spiro atoms. The molecule has 2 aliphatic rings. The van der Waals surface area contributed by atoms with Crippen LogP contribution in [-0.2, 0) is 4.79 Å². The highest BCUT2D eigenvalue weighted by atomic mass is 16.2. The van der Waals surface area contributed by atoms with Crippen LogP contribution in [0.15, 0.2) is 0 Å². The molecule has 0 aromatic carbocycles. The monoisotopic (exact) mass is 294 g/mol. The van der Waals surface area contributed by atoms with Crippen molar-refractivity contribution in [2.75, 3.05) is 7.05 Å². The van der Waals surface area contributed by atoms with E-state index in [1.54, 1.807) is 0 Å². The maximum Gasteiger partial charge on any atom is 0.222 e. The summed E-state index contributed by atoms with van der Waals surface area (Å²) in [4.78, 5) is 14.4. The first-order chi connectivity index (χ1) is 10.2. The summed E-state index contributed by atoms with van der Waals surface area (Å²) >= 11 is 0. The number of hydrogen-bond acceptors (Lipinski definition) is 2. The van der Waals surface area contributed by atoms with Crippen LogP contribution in [0.5, 0.6) is 0 Å². The second kappa shape index (κ2) is 8.77. The molecule has 122 valence electrons. The molecule has 3 nitrogen and oxygen atoms in total. The average molecular weight is 294 g/mol. The van der Waals surface area contributed by atoms with Gasteiger partial charge in [0.1, 0.15) is 0 Å². The van der Waals surface area contributed by atoms with Crippen LogP contribution >= 0.6 is 0 Å². The lowest BCUT2D eigenvalue weighted by Crippen LogP contribution is -2.48. The maximum absolute atomic E-state index is 12.3. The van der Waals surface area contributed by atoms with Gasteiger partial charge in [0, 0.05) is 31.6 Å². The van der Waals surface area contributed by atoms with Gasteiger partial charge in [0.05, 0.1) is 0 Å². The number of carbonyl (C=O) groups excluding carboxylic acids is 1. The fourth-order valence-corrected chi connectivity index (χ4v) is 3.96. The van der Waals surface area contributed by atoms with Gasteiger partial charge < -0.3 is 10.2 Å². The van der Waals surface area contributed by atoms with Crippen molar-refractivity contribution in [3.8, 4) is 0 Å². The number of carbonyl (C=O) groups is 1. The van der Waals surface area contributed by atoms with E-state index in [1.807, 2.05) is 7.05 Å². The third-order valence-electron chi connectivity index (χ3n) is 5.38. The number of amides is 1. The van der Waals surface area contributed by atoms with Crippen molar-refractivity contribution in [3.05, 3.63) is 0 Å². The van der Waals surface area contributed by atoms with E-state index in [2.05, 4.69) is 17.1 Å². The Morgan fingerprint density at radius 1 is 1.00 bits per heavy atom. The standard InChI is InChI=1S/C18H34N2O/c1-3-4-5-6-7-8-9-10-18(21)20(2)17-13-15-11-12-16(14-17)19-15/h15-17,19H,3-14H2,1-2H3. The normalized spacial score (nSPS) is 27.8. The molecule has 2 bridgehead atoms. The van der Waals surface area contributed by atoms with Crippen molar-refractivity contribution in [1.29, 1.82) is 0 Å². The Kier molecular flexibility index (Phi) is 7.01. The van der Waals surface area contributed by atoms with Gasteiger partial charge in [-0.3, -0.25) is 4.79 Å². The van der Waals surface area contributed by atoms with Crippen LogP contribution in [0.2, 0.25) is 0 Å². The van der Waals surface area contributed by atoms with Crippen molar-refractivity contribution >= 4 is 5.91 Å². The molecule has 2 heterocycles. The van der Waals surface area contributed by atoms with Crippen molar-refractivity contribution in [2.45, 2.75) is 102 Å². The van der Waals surface area contributed by atoms with Gasteiger partial charge in [-0.05, 0) is 32.1 Å². The lowest BCUT2D eigenvalue weighted by molar-refractivity contribution is -0.132. The van der Waals surface area contributed by atoms with Gasteiger partial charge in [-0.1, -0.05) is 45.4 Å². The molecule has 0 radical (unpaired) electrons. The summed E-state index contributed by atoms with van der Waals surface area (Å²) in [5.41, 5.74) is 0. The predicted octanol–water partition coefficient (Wildman–Crippen LogP) is 3.87. The largest absolute Gasteiger partial charge is 0.343 e. The number of rotatable bonds is 9. The molecule has 3 heteroatoms. The van der Waals surface area contributed by atoms with Crippen molar-refractivity contribution in [2.24, 2.45) is 0 Å². The first kappa shape index (κ1) is 16.8. The van der Waals surface area contributed by atoms with E-state index in [-0.39, 0.29) is 0 Å². The van der Waals surface area contributed by atoms with Crippen molar-refractivity contribution in [3.63, 3.8) is 0 Å². The van der Waals surface area contributed by atoms with Gasteiger partial charge >= 0.3 is 0 Å². The minimum Gasteiger partial charge on any atom is -0.343 e. The van der Waals surface area contributed by atoms with E-state index in [1.165, 1.54) is 51.4 Å². The van der Waals surface area contributed by atoms with E-state index in [0.717, 1.165) is 25.7 Å². The van der Waals surface area contributed by atoms with E-state index in [9.17, 15) is 4.79 Å². The SMILES string of the molecule is CCCCCCCCCC(=O)N(C)C1CC2CCC(C1)N2. The lowest BCUT2D eigenvalue weighted by atomic mass is 9.98. The smallest absolute Gasteiger partial charge is 0.222 e. The molecule has 2 saturated heterocycles. The predicted molar refractivity (Wildman–Crippen MR) is 88.3 cm³/mol. The topological polar surface area (TPSA) is 32.3 Å². The molecule has 2 rings (SSSR count). The van der Waals surface area contributed by atoms with E-state index in [4.69, 9.17) is 0 Å². The zero-order valence-corrected chi connectivity index (χ0v) is 14.1. The molecule has 0 aliphatic carbocycles.